The number of nitrogens with zero attached hydrogens (tertiary/aromatic N) is 3. The molecule has 0 aliphatic carbocycles. The summed E-state index contributed by atoms with van der Waals surface area (Å²) in [6.45, 7) is 0.450. The number of aromatic nitrogens is 3. The van der Waals surface area contributed by atoms with E-state index in [-0.39, 0.29) is 5.82 Å². The van der Waals surface area contributed by atoms with Crippen molar-refractivity contribution < 1.29 is 8.81 Å². The highest BCUT2D eigenvalue weighted by atomic mass is 35.5. The van der Waals surface area contributed by atoms with Crippen molar-refractivity contribution in [3.8, 4) is 11.5 Å². The van der Waals surface area contributed by atoms with Gasteiger partial charge in [0.25, 0.3) is 0 Å². The molecule has 0 unspecified atom stereocenters. The van der Waals surface area contributed by atoms with Crippen LogP contribution in [-0.2, 0) is 6.54 Å². The van der Waals surface area contributed by atoms with Crippen molar-refractivity contribution in [1.29, 1.82) is 0 Å². The van der Waals surface area contributed by atoms with Crippen LogP contribution in [0.15, 0.2) is 47.3 Å². The summed E-state index contributed by atoms with van der Waals surface area (Å²) >= 11 is 5.78. The summed E-state index contributed by atoms with van der Waals surface area (Å²) < 4.78 is 20.1. The fourth-order valence-electron chi connectivity index (χ4n) is 1.72. The molecule has 0 amide bonds. The van der Waals surface area contributed by atoms with Gasteiger partial charge in [-0.05, 0) is 18.2 Å². The van der Waals surface area contributed by atoms with Crippen LogP contribution < -0.4 is 0 Å². The van der Waals surface area contributed by atoms with E-state index >= 15 is 0 Å². The van der Waals surface area contributed by atoms with E-state index in [4.69, 9.17) is 16.0 Å². The first kappa shape index (κ1) is 11.9. The fourth-order valence-corrected chi connectivity index (χ4v) is 1.88. The molecule has 2 heterocycles. The van der Waals surface area contributed by atoms with Gasteiger partial charge in [0.15, 0.2) is 0 Å². The van der Waals surface area contributed by atoms with Gasteiger partial charge < -0.3 is 4.42 Å². The predicted molar refractivity (Wildman–Crippen MR) is 68.2 cm³/mol. The monoisotopic (exact) mass is 277 g/mol. The summed E-state index contributed by atoms with van der Waals surface area (Å²) in [5, 5.41) is 4.61. The van der Waals surface area contributed by atoms with Gasteiger partial charge in [-0.25, -0.2) is 9.37 Å². The molecule has 0 aliphatic heterocycles. The summed E-state index contributed by atoms with van der Waals surface area (Å²) in [7, 11) is 0. The smallest absolute Gasteiger partial charge is 0.226 e. The molecule has 0 fully saturated rings. The molecule has 0 N–H and O–H groups in total. The van der Waals surface area contributed by atoms with Gasteiger partial charge in [-0.1, -0.05) is 17.7 Å². The molecule has 6 heteroatoms. The van der Waals surface area contributed by atoms with Gasteiger partial charge >= 0.3 is 0 Å². The number of rotatable bonds is 3. The molecule has 1 aromatic carbocycles. The number of benzene rings is 1. The Balaban J connectivity index is 1.83. The molecule has 3 aromatic rings. The lowest BCUT2D eigenvalue weighted by molar-refractivity contribution is 0.568. The van der Waals surface area contributed by atoms with Gasteiger partial charge in [0.1, 0.15) is 17.8 Å². The lowest BCUT2D eigenvalue weighted by atomic mass is 10.2. The maximum absolute atomic E-state index is 13.1. The Hall–Kier alpha value is -2.14. The topological polar surface area (TPSA) is 43.9 Å². The van der Waals surface area contributed by atoms with Gasteiger partial charge in [0, 0.05) is 11.8 Å². The van der Waals surface area contributed by atoms with Crippen molar-refractivity contribution in [2.24, 2.45) is 0 Å². The standard InChI is InChI=1S/C13H9ClFN3O/c14-10-5-16-18(6-10)7-12-8-19-13(17-12)9-2-1-3-11(15)4-9/h1-6,8H,7H2. The first-order chi connectivity index (χ1) is 9.20. The lowest BCUT2D eigenvalue weighted by Crippen LogP contribution is -1.99. The van der Waals surface area contributed by atoms with Crippen LogP contribution in [0, 0.1) is 5.82 Å². The molecule has 0 saturated heterocycles. The van der Waals surface area contributed by atoms with Crippen molar-refractivity contribution >= 4 is 11.6 Å². The largest absolute Gasteiger partial charge is 0.444 e. The van der Waals surface area contributed by atoms with E-state index < -0.39 is 0 Å². The Kier molecular flexibility index (Phi) is 3.05. The normalized spacial score (nSPS) is 10.8. The number of hydrogen-bond donors (Lipinski definition) is 0. The minimum absolute atomic E-state index is 0.323. The van der Waals surface area contributed by atoms with Crippen LogP contribution in [0.4, 0.5) is 4.39 Å². The molecule has 0 spiro atoms. The van der Waals surface area contributed by atoms with Crippen LogP contribution in [0.3, 0.4) is 0 Å². The third-order valence-electron chi connectivity index (χ3n) is 2.55. The minimum Gasteiger partial charge on any atom is -0.444 e. The van der Waals surface area contributed by atoms with Crippen LogP contribution >= 0.6 is 11.6 Å². The van der Waals surface area contributed by atoms with Gasteiger partial charge in [0.05, 0.1) is 17.8 Å². The zero-order chi connectivity index (χ0) is 13.2. The van der Waals surface area contributed by atoms with Crippen molar-refractivity contribution in [1.82, 2.24) is 14.8 Å². The fraction of sp³-hybridized carbons (Fsp3) is 0.0769. The second kappa shape index (κ2) is 4.85. The molecular weight excluding hydrogens is 269 g/mol. The number of halogens is 2. The van der Waals surface area contributed by atoms with E-state index in [9.17, 15) is 4.39 Å². The molecule has 4 nitrogen and oxygen atoms in total. The molecule has 0 aliphatic rings. The van der Waals surface area contributed by atoms with E-state index in [0.717, 1.165) is 0 Å². The highest BCUT2D eigenvalue weighted by Gasteiger charge is 2.08. The molecule has 0 radical (unpaired) electrons. The van der Waals surface area contributed by atoms with Crippen molar-refractivity contribution in [2.45, 2.75) is 6.54 Å². The maximum Gasteiger partial charge on any atom is 0.226 e. The highest BCUT2D eigenvalue weighted by molar-refractivity contribution is 6.30. The van der Waals surface area contributed by atoms with E-state index in [1.54, 1.807) is 29.2 Å². The second-order valence-electron chi connectivity index (χ2n) is 4.01. The van der Waals surface area contributed by atoms with E-state index in [1.165, 1.54) is 18.4 Å². The number of oxazole rings is 1. The third kappa shape index (κ3) is 2.66. The van der Waals surface area contributed by atoms with E-state index in [0.29, 0.717) is 28.7 Å². The summed E-state index contributed by atoms with van der Waals surface area (Å²) in [6.07, 6.45) is 4.77. The molecule has 0 atom stereocenters. The highest BCUT2D eigenvalue weighted by Crippen LogP contribution is 2.19. The SMILES string of the molecule is Fc1cccc(-c2nc(Cn3cc(Cl)cn3)co2)c1. The molecule has 0 saturated carbocycles. The van der Waals surface area contributed by atoms with Crippen molar-refractivity contribution in [3.05, 3.63) is 59.5 Å². The Labute approximate surface area is 113 Å². The molecule has 0 bridgehead atoms. The maximum atomic E-state index is 13.1. The number of hydrogen-bond acceptors (Lipinski definition) is 3. The van der Waals surface area contributed by atoms with Crippen molar-refractivity contribution in [2.75, 3.05) is 0 Å². The Morgan fingerprint density at radius 2 is 2.26 bits per heavy atom. The molecule has 2 aromatic heterocycles. The van der Waals surface area contributed by atoms with Gasteiger partial charge in [-0.2, -0.15) is 5.10 Å². The summed E-state index contributed by atoms with van der Waals surface area (Å²) in [5.41, 5.74) is 1.30. The van der Waals surface area contributed by atoms with Gasteiger partial charge in [-0.15, -0.1) is 0 Å². The molecule has 96 valence electrons. The van der Waals surface area contributed by atoms with Crippen LogP contribution in [0.25, 0.3) is 11.5 Å². The molecule has 19 heavy (non-hydrogen) atoms. The zero-order valence-corrected chi connectivity index (χ0v) is 10.5. The zero-order valence-electron chi connectivity index (χ0n) is 9.75. The molecular formula is C13H9ClFN3O. The van der Waals surface area contributed by atoms with Crippen LogP contribution in [0.5, 0.6) is 0 Å². The quantitative estimate of drug-likeness (QED) is 0.737. The minimum atomic E-state index is -0.323. The van der Waals surface area contributed by atoms with Crippen LogP contribution in [-0.4, -0.2) is 14.8 Å². The van der Waals surface area contributed by atoms with Gasteiger partial charge in [0.2, 0.25) is 5.89 Å². The first-order valence-corrected chi connectivity index (χ1v) is 5.97. The Morgan fingerprint density at radius 3 is 3.00 bits per heavy atom. The average Bonchev–Trinajstić information content (AvgIpc) is 2.99. The summed E-state index contributed by atoms with van der Waals surface area (Å²) in [4.78, 5) is 4.29. The van der Waals surface area contributed by atoms with E-state index in [1.807, 2.05) is 0 Å². The van der Waals surface area contributed by atoms with Crippen LogP contribution in [0.2, 0.25) is 5.02 Å². The predicted octanol–water partition coefficient (Wildman–Crippen LogP) is 3.38. The molecule has 3 rings (SSSR count). The summed E-state index contributed by atoms with van der Waals surface area (Å²) in [5.74, 6) is 0.0591. The average molecular weight is 278 g/mol. The summed E-state index contributed by atoms with van der Waals surface area (Å²) in [6, 6.07) is 6.10. The lowest BCUT2D eigenvalue weighted by Gasteiger charge is -1.96. The van der Waals surface area contributed by atoms with E-state index in [2.05, 4.69) is 10.1 Å². The Morgan fingerprint density at radius 1 is 1.37 bits per heavy atom. The Bertz CT molecular complexity index is 707. The van der Waals surface area contributed by atoms with Gasteiger partial charge in [-0.3, -0.25) is 4.68 Å². The first-order valence-electron chi connectivity index (χ1n) is 5.59. The van der Waals surface area contributed by atoms with Crippen LogP contribution in [0.1, 0.15) is 5.69 Å². The second-order valence-corrected chi connectivity index (χ2v) is 4.45. The third-order valence-corrected chi connectivity index (χ3v) is 2.74. The van der Waals surface area contributed by atoms with Crippen molar-refractivity contribution in [3.63, 3.8) is 0 Å².